The van der Waals surface area contributed by atoms with Gasteiger partial charge in [0, 0.05) is 46.0 Å². The van der Waals surface area contributed by atoms with E-state index in [1.165, 1.54) is 23.5 Å². The number of nitrogen functional groups attached to an aromatic ring is 1. The van der Waals surface area contributed by atoms with Crippen LogP contribution in [0, 0.1) is 4.91 Å². The van der Waals surface area contributed by atoms with Crippen molar-refractivity contribution in [3.8, 4) is 0 Å². The number of thioether (sulfide) groups is 3. The Hall–Kier alpha value is -2.86. The van der Waals surface area contributed by atoms with Crippen molar-refractivity contribution >= 4 is 87.5 Å². The largest absolute Gasteiger partial charge is 0.477 e. The summed E-state index contributed by atoms with van der Waals surface area (Å²) in [6, 6.07) is -0.897. The number of anilines is 1. The van der Waals surface area contributed by atoms with Crippen LogP contribution in [0.3, 0.4) is 0 Å². The molecule has 206 valence electrons. The van der Waals surface area contributed by atoms with E-state index in [1.54, 1.807) is 30.2 Å². The van der Waals surface area contributed by atoms with Crippen molar-refractivity contribution in [1.29, 1.82) is 0 Å². The first kappa shape index (κ1) is 29.1. The molecule has 0 radical (unpaired) electrons. The molecule has 3 amide bonds. The van der Waals surface area contributed by atoms with E-state index in [0.717, 1.165) is 26.7 Å². The molecule has 0 aromatic carbocycles. The number of aromatic nitrogens is 2. The molecule has 13 nitrogen and oxygen atoms in total. The highest BCUT2D eigenvalue weighted by atomic mass is 35.5. The van der Waals surface area contributed by atoms with Crippen molar-refractivity contribution in [2.45, 2.75) is 28.1 Å². The number of thiazole rings is 1. The normalized spacial score (nSPS) is 19.1. The maximum Gasteiger partial charge on any atom is 0.353 e. The minimum absolute atomic E-state index is 0.0325. The number of β-lactam (4-membered cyclic amide) rings is 1. The lowest BCUT2D eigenvalue weighted by atomic mass is 10.0. The molecule has 2 aromatic rings. The summed E-state index contributed by atoms with van der Waals surface area (Å²) in [4.78, 5) is 70.3. The maximum absolute atomic E-state index is 13.0. The van der Waals surface area contributed by atoms with Crippen LogP contribution >= 0.6 is 58.2 Å². The predicted octanol–water partition coefficient (Wildman–Crippen LogP) is 2.05. The molecule has 0 spiro atoms. The van der Waals surface area contributed by atoms with Gasteiger partial charge in [-0.2, -0.15) is 11.8 Å². The fourth-order valence-electron chi connectivity index (χ4n) is 3.75. The van der Waals surface area contributed by atoms with Crippen LogP contribution in [0.15, 0.2) is 39.1 Å². The van der Waals surface area contributed by atoms with Gasteiger partial charge in [0.05, 0.1) is 0 Å². The number of aliphatic carboxylic acids is 1. The Morgan fingerprint density at radius 3 is 2.90 bits per heavy atom. The van der Waals surface area contributed by atoms with Gasteiger partial charge in [0.15, 0.2) is 5.13 Å². The number of nitrogens with two attached hydrogens (primary N) is 1. The number of hydrogen-bond donors (Lipinski definition) is 4. The number of halogens is 1. The first-order chi connectivity index (χ1) is 18.8. The van der Waals surface area contributed by atoms with Crippen LogP contribution in [0.2, 0.25) is 4.34 Å². The van der Waals surface area contributed by atoms with Gasteiger partial charge in [0.2, 0.25) is 12.5 Å². The van der Waals surface area contributed by atoms with Gasteiger partial charge in [0.1, 0.15) is 27.1 Å². The Bertz CT molecular complexity index is 1340. The Labute approximate surface area is 243 Å². The van der Waals surface area contributed by atoms with Gasteiger partial charge in [-0.05, 0) is 16.8 Å². The molecule has 0 aliphatic carbocycles. The van der Waals surface area contributed by atoms with Gasteiger partial charge in [0.25, 0.3) is 11.8 Å². The highest BCUT2D eigenvalue weighted by molar-refractivity contribution is 8.06. The summed E-state index contributed by atoms with van der Waals surface area (Å²) in [7, 11) is 0. The SMILES string of the molecule is Nc1nc(C(N=O)C(=O)N[C@@H]2C(=O)N3C(C(=O)O)=C(Sc4ccncc4CSCCNC=O)CS[C@@H]23)c(Cl)s1. The molecular formula is C21H20ClN7O6S4. The number of nitroso groups, excluding NO2 is 1. The van der Waals surface area contributed by atoms with Gasteiger partial charge < -0.3 is 21.5 Å². The van der Waals surface area contributed by atoms with E-state index in [2.05, 4.69) is 25.8 Å². The van der Waals surface area contributed by atoms with E-state index >= 15 is 0 Å². The summed E-state index contributed by atoms with van der Waals surface area (Å²) in [5.41, 5.74) is 6.20. The molecule has 0 bridgehead atoms. The number of nitrogens with one attached hydrogen (secondary N) is 2. The Morgan fingerprint density at radius 2 is 2.23 bits per heavy atom. The number of rotatable bonds is 13. The average Bonchev–Trinajstić information content (AvgIpc) is 3.25. The number of carbonyl (C=O) groups excluding carboxylic acids is 3. The molecule has 2 aliphatic rings. The summed E-state index contributed by atoms with van der Waals surface area (Å²) < 4.78 is 0.0325. The van der Waals surface area contributed by atoms with Crippen LogP contribution in [0.1, 0.15) is 17.3 Å². The molecule has 1 unspecified atom stereocenters. The third-order valence-corrected chi connectivity index (χ3v) is 10.3. The van der Waals surface area contributed by atoms with Crippen LogP contribution in [0.5, 0.6) is 0 Å². The molecule has 2 aliphatic heterocycles. The average molecular weight is 630 g/mol. The first-order valence-electron chi connectivity index (χ1n) is 11.1. The summed E-state index contributed by atoms with van der Waals surface area (Å²) in [5, 5.41) is 17.2. The lowest BCUT2D eigenvalue weighted by Gasteiger charge is -2.49. The number of fused-ring (bicyclic) bond motifs is 1. The zero-order chi connectivity index (χ0) is 28.1. The number of nitrogens with zero attached hydrogens (tertiary/aromatic N) is 4. The van der Waals surface area contributed by atoms with E-state index in [9.17, 15) is 29.2 Å². The minimum Gasteiger partial charge on any atom is -0.477 e. The van der Waals surface area contributed by atoms with E-state index in [-0.39, 0.29) is 26.6 Å². The van der Waals surface area contributed by atoms with Crippen LogP contribution in [0.4, 0.5) is 5.13 Å². The van der Waals surface area contributed by atoms with Crippen molar-refractivity contribution in [1.82, 2.24) is 25.5 Å². The third kappa shape index (κ3) is 6.32. The fraction of sp³-hybridized carbons (Fsp3) is 0.333. The van der Waals surface area contributed by atoms with E-state index < -0.39 is 35.2 Å². The number of amides is 3. The highest BCUT2D eigenvalue weighted by Crippen LogP contribution is 2.46. The second kappa shape index (κ2) is 13.0. The summed E-state index contributed by atoms with van der Waals surface area (Å²) in [6.45, 7) is 0.520. The Kier molecular flexibility index (Phi) is 9.71. The number of carbonyl (C=O) groups is 4. The Morgan fingerprint density at radius 1 is 1.44 bits per heavy atom. The number of hydrogen-bond acceptors (Lipinski definition) is 13. The van der Waals surface area contributed by atoms with Gasteiger partial charge >= 0.3 is 5.97 Å². The first-order valence-corrected chi connectivity index (χ1v) is 15.3. The third-order valence-electron chi connectivity index (χ3n) is 5.50. The molecule has 5 N–H and O–H groups in total. The monoisotopic (exact) mass is 629 g/mol. The maximum atomic E-state index is 13.0. The summed E-state index contributed by atoms with van der Waals surface area (Å²) in [5.74, 6) is -1.23. The topological polar surface area (TPSA) is 197 Å². The van der Waals surface area contributed by atoms with E-state index in [4.69, 9.17) is 17.3 Å². The van der Waals surface area contributed by atoms with Crippen LogP contribution < -0.4 is 16.4 Å². The van der Waals surface area contributed by atoms with E-state index in [1.807, 2.05) is 0 Å². The second-order valence-corrected chi connectivity index (χ2v) is 12.9. The molecule has 2 aromatic heterocycles. The molecule has 0 saturated carbocycles. The number of carboxylic acid groups (broad SMARTS) is 1. The van der Waals surface area contributed by atoms with Crippen molar-refractivity contribution in [2.24, 2.45) is 5.18 Å². The van der Waals surface area contributed by atoms with Crippen LogP contribution in [0.25, 0.3) is 0 Å². The zero-order valence-corrected chi connectivity index (χ0v) is 23.8. The highest BCUT2D eigenvalue weighted by Gasteiger charge is 2.55. The fourth-order valence-corrected chi connectivity index (χ4v) is 8.24. The van der Waals surface area contributed by atoms with Crippen molar-refractivity contribution in [3.63, 3.8) is 0 Å². The van der Waals surface area contributed by atoms with Gasteiger partial charge in [-0.15, -0.1) is 16.7 Å². The van der Waals surface area contributed by atoms with Crippen molar-refractivity contribution in [3.05, 3.63) is 49.6 Å². The van der Waals surface area contributed by atoms with Gasteiger partial charge in [-0.3, -0.25) is 24.3 Å². The summed E-state index contributed by atoms with van der Waals surface area (Å²) >= 11 is 11.0. The lowest BCUT2D eigenvalue weighted by Crippen LogP contribution is -2.70. The molecule has 4 rings (SSSR count). The second-order valence-electron chi connectivity index (χ2n) is 7.90. The number of pyridine rings is 1. The smallest absolute Gasteiger partial charge is 0.353 e. The van der Waals surface area contributed by atoms with Crippen LogP contribution in [-0.4, -0.2) is 73.6 Å². The van der Waals surface area contributed by atoms with Crippen molar-refractivity contribution in [2.75, 3.05) is 23.8 Å². The molecule has 4 heterocycles. The lowest BCUT2D eigenvalue weighted by molar-refractivity contribution is -0.150. The quantitative estimate of drug-likeness (QED) is 0.109. The number of carboxylic acids is 1. The molecular weight excluding hydrogens is 610 g/mol. The molecule has 39 heavy (non-hydrogen) atoms. The van der Waals surface area contributed by atoms with Gasteiger partial charge in [-0.1, -0.05) is 34.7 Å². The van der Waals surface area contributed by atoms with Gasteiger partial charge in [-0.25, -0.2) is 9.78 Å². The zero-order valence-electron chi connectivity index (χ0n) is 19.7. The standard InChI is InChI=1S/C21H20ClN7O6S4/c22-16-12(27-21(23)39-16)13(28-35)17(31)26-14-18(32)29-15(20(33)34)11(7-37-19(14)29)38-10-1-2-24-5-9(10)6-36-4-3-25-8-30/h1-2,5,8,13-14,19H,3-4,6-7H2,(H2,23,27)(H,25,30)(H,26,31)(H,33,34)/t13?,14-,19+/m1/s1. The molecule has 1 saturated heterocycles. The van der Waals surface area contributed by atoms with Crippen LogP contribution in [-0.2, 0) is 24.9 Å². The Balaban J connectivity index is 1.48. The van der Waals surface area contributed by atoms with E-state index in [0.29, 0.717) is 29.4 Å². The molecule has 18 heteroatoms. The van der Waals surface area contributed by atoms with Crippen molar-refractivity contribution < 1.29 is 24.3 Å². The summed E-state index contributed by atoms with van der Waals surface area (Å²) in [6.07, 6.45) is 3.93. The predicted molar refractivity (Wildman–Crippen MR) is 150 cm³/mol. The molecule has 3 atom stereocenters. The molecule has 1 fully saturated rings. The minimum atomic E-state index is -1.61.